The monoisotopic (exact) mass is 274 g/mol. The van der Waals surface area contributed by atoms with Crippen LogP contribution in [0.3, 0.4) is 0 Å². The number of hydrogen-bond donors (Lipinski definition) is 1. The number of unbranched alkanes of at least 4 members (excludes halogenated alkanes) is 1. The number of carboxylic acids is 1. The zero-order valence-corrected chi connectivity index (χ0v) is 11.7. The first kappa shape index (κ1) is 17.4. The molecule has 6 heteroatoms. The Kier molecular flexibility index (Phi) is 8.57. The van der Waals surface area contributed by atoms with Crippen molar-refractivity contribution in [2.45, 2.75) is 52.6 Å². The van der Waals surface area contributed by atoms with Crippen molar-refractivity contribution in [1.82, 2.24) is 0 Å². The zero-order valence-electron chi connectivity index (χ0n) is 11.7. The quantitative estimate of drug-likeness (QED) is 0.391. The fraction of sp³-hybridized carbons (Fsp3) is 0.769. The van der Waals surface area contributed by atoms with Gasteiger partial charge in [0.15, 0.2) is 5.92 Å². The average molecular weight is 274 g/mol. The topological polar surface area (TPSA) is 89.9 Å². The molecule has 0 saturated heterocycles. The van der Waals surface area contributed by atoms with Gasteiger partial charge in [0, 0.05) is 6.92 Å². The van der Waals surface area contributed by atoms with Crippen molar-refractivity contribution < 1.29 is 29.0 Å². The molecule has 0 aromatic carbocycles. The molecule has 6 nitrogen and oxygen atoms in total. The number of ether oxygens (including phenoxy) is 2. The maximum absolute atomic E-state index is 11.6. The van der Waals surface area contributed by atoms with Gasteiger partial charge in [-0.2, -0.15) is 0 Å². The van der Waals surface area contributed by atoms with Gasteiger partial charge in [-0.15, -0.1) is 0 Å². The minimum atomic E-state index is -1.18. The highest BCUT2D eigenvalue weighted by Gasteiger charge is 2.28. The second-order valence-corrected chi connectivity index (χ2v) is 4.38. The van der Waals surface area contributed by atoms with Crippen LogP contribution in [0.1, 0.15) is 46.5 Å². The molecule has 0 spiro atoms. The number of carbonyl (C=O) groups is 3. The fourth-order valence-electron chi connectivity index (χ4n) is 1.37. The molecule has 0 amide bonds. The van der Waals surface area contributed by atoms with E-state index in [9.17, 15) is 14.4 Å². The summed E-state index contributed by atoms with van der Waals surface area (Å²) >= 11 is 0. The molecule has 0 aliphatic carbocycles. The lowest BCUT2D eigenvalue weighted by molar-refractivity contribution is -0.162. The molecule has 2 unspecified atom stereocenters. The van der Waals surface area contributed by atoms with Gasteiger partial charge in [0.25, 0.3) is 0 Å². The van der Waals surface area contributed by atoms with Crippen LogP contribution in [0.25, 0.3) is 0 Å². The number of esters is 2. The predicted octanol–water partition coefficient (Wildman–Crippen LogP) is 1.76. The molecular weight excluding hydrogens is 252 g/mol. The second kappa shape index (κ2) is 9.35. The average Bonchev–Trinajstić information content (AvgIpc) is 2.32. The Bertz CT molecular complexity index is 312. The number of rotatable bonds is 9. The van der Waals surface area contributed by atoms with Gasteiger partial charge in [0.1, 0.15) is 0 Å². The van der Waals surface area contributed by atoms with Gasteiger partial charge in [0.2, 0.25) is 0 Å². The normalized spacial score (nSPS) is 13.4. The molecule has 0 aliphatic heterocycles. The minimum absolute atomic E-state index is 0.186. The Balaban J connectivity index is 4.09. The standard InChI is InChI=1S/C13H22O6/c1-4-9(2)19-13(17)11(12(15)16)7-5-6-8-18-10(3)14/h9,11H,4-8H2,1-3H3,(H,15,16). The molecule has 0 bridgehead atoms. The van der Waals surface area contributed by atoms with E-state index in [2.05, 4.69) is 0 Å². The summed E-state index contributed by atoms with van der Waals surface area (Å²) in [6, 6.07) is 0. The molecule has 0 aromatic heterocycles. The van der Waals surface area contributed by atoms with Crippen molar-refractivity contribution in [3.05, 3.63) is 0 Å². The highest BCUT2D eigenvalue weighted by atomic mass is 16.5. The van der Waals surface area contributed by atoms with Gasteiger partial charge in [-0.3, -0.25) is 14.4 Å². The molecule has 1 N–H and O–H groups in total. The van der Waals surface area contributed by atoms with Crippen molar-refractivity contribution in [2.75, 3.05) is 6.61 Å². The van der Waals surface area contributed by atoms with Crippen LogP contribution in [0.4, 0.5) is 0 Å². The Hall–Kier alpha value is -1.59. The third-order valence-corrected chi connectivity index (χ3v) is 2.67. The molecule has 0 radical (unpaired) electrons. The van der Waals surface area contributed by atoms with Gasteiger partial charge < -0.3 is 14.6 Å². The van der Waals surface area contributed by atoms with Crippen LogP contribution in [0.15, 0.2) is 0 Å². The zero-order chi connectivity index (χ0) is 14.8. The summed E-state index contributed by atoms with van der Waals surface area (Å²) in [6.07, 6.45) is 1.56. The van der Waals surface area contributed by atoms with Gasteiger partial charge in [-0.1, -0.05) is 6.92 Å². The largest absolute Gasteiger partial charge is 0.481 e. The van der Waals surface area contributed by atoms with Crippen molar-refractivity contribution >= 4 is 17.9 Å². The molecule has 0 heterocycles. The highest BCUT2D eigenvalue weighted by molar-refractivity contribution is 5.93. The van der Waals surface area contributed by atoms with Crippen molar-refractivity contribution in [1.29, 1.82) is 0 Å². The van der Waals surface area contributed by atoms with Crippen LogP contribution in [-0.4, -0.2) is 35.7 Å². The third-order valence-electron chi connectivity index (χ3n) is 2.67. The first-order valence-electron chi connectivity index (χ1n) is 6.45. The van der Waals surface area contributed by atoms with Crippen LogP contribution in [0.2, 0.25) is 0 Å². The van der Waals surface area contributed by atoms with E-state index >= 15 is 0 Å². The Morgan fingerprint density at radius 2 is 1.84 bits per heavy atom. The molecule has 19 heavy (non-hydrogen) atoms. The van der Waals surface area contributed by atoms with Crippen LogP contribution < -0.4 is 0 Å². The van der Waals surface area contributed by atoms with E-state index in [-0.39, 0.29) is 25.1 Å². The lowest BCUT2D eigenvalue weighted by Gasteiger charge is -2.15. The summed E-state index contributed by atoms with van der Waals surface area (Å²) < 4.78 is 9.74. The van der Waals surface area contributed by atoms with E-state index in [1.807, 2.05) is 6.92 Å². The third kappa shape index (κ3) is 8.18. The van der Waals surface area contributed by atoms with Crippen molar-refractivity contribution in [3.8, 4) is 0 Å². The Morgan fingerprint density at radius 3 is 2.32 bits per heavy atom. The number of carboxylic acid groups (broad SMARTS) is 1. The molecular formula is C13H22O6. The molecule has 0 aromatic rings. The van der Waals surface area contributed by atoms with Crippen LogP contribution in [0, 0.1) is 5.92 Å². The molecule has 2 atom stereocenters. The van der Waals surface area contributed by atoms with Gasteiger partial charge in [-0.05, 0) is 32.6 Å². The maximum Gasteiger partial charge on any atom is 0.320 e. The Morgan fingerprint density at radius 1 is 1.21 bits per heavy atom. The maximum atomic E-state index is 11.6. The van der Waals surface area contributed by atoms with E-state index in [4.69, 9.17) is 14.6 Å². The van der Waals surface area contributed by atoms with Gasteiger partial charge in [-0.25, -0.2) is 0 Å². The molecule has 110 valence electrons. The number of aliphatic carboxylic acids is 1. The lowest BCUT2D eigenvalue weighted by atomic mass is 10.0. The summed E-state index contributed by atoms with van der Waals surface area (Å²) in [4.78, 5) is 33.2. The molecule has 0 rings (SSSR count). The first-order valence-corrected chi connectivity index (χ1v) is 6.45. The minimum Gasteiger partial charge on any atom is -0.481 e. The predicted molar refractivity (Wildman–Crippen MR) is 67.5 cm³/mol. The molecule has 0 aliphatic rings. The van der Waals surface area contributed by atoms with E-state index in [1.54, 1.807) is 6.92 Å². The summed E-state index contributed by atoms with van der Waals surface area (Å²) in [6.45, 7) is 5.12. The van der Waals surface area contributed by atoms with Gasteiger partial charge in [0.05, 0.1) is 12.7 Å². The molecule has 0 saturated carbocycles. The number of carbonyl (C=O) groups excluding carboxylic acids is 2. The van der Waals surface area contributed by atoms with Crippen molar-refractivity contribution in [3.63, 3.8) is 0 Å². The number of hydrogen-bond acceptors (Lipinski definition) is 5. The van der Waals surface area contributed by atoms with E-state index in [0.29, 0.717) is 19.3 Å². The summed E-state index contributed by atoms with van der Waals surface area (Å²) in [7, 11) is 0. The van der Waals surface area contributed by atoms with E-state index in [1.165, 1.54) is 6.92 Å². The van der Waals surface area contributed by atoms with Crippen LogP contribution >= 0.6 is 0 Å². The fourth-order valence-corrected chi connectivity index (χ4v) is 1.37. The first-order chi connectivity index (χ1) is 8.88. The van der Waals surface area contributed by atoms with Crippen LogP contribution in [-0.2, 0) is 23.9 Å². The van der Waals surface area contributed by atoms with E-state index in [0.717, 1.165) is 0 Å². The Labute approximate surface area is 113 Å². The smallest absolute Gasteiger partial charge is 0.320 e. The summed E-state index contributed by atoms with van der Waals surface area (Å²) in [5.74, 6) is -3.40. The van der Waals surface area contributed by atoms with Gasteiger partial charge >= 0.3 is 17.9 Å². The second-order valence-electron chi connectivity index (χ2n) is 4.38. The highest BCUT2D eigenvalue weighted by Crippen LogP contribution is 2.13. The van der Waals surface area contributed by atoms with Crippen molar-refractivity contribution in [2.24, 2.45) is 5.92 Å². The van der Waals surface area contributed by atoms with Crippen LogP contribution in [0.5, 0.6) is 0 Å². The lowest BCUT2D eigenvalue weighted by Crippen LogP contribution is -2.28. The molecule has 0 fully saturated rings. The SMILES string of the molecule is CCC(C)OC(=O)C(CCCCOC(C)=O)C(=O)O. The van der Waals surface area contributed by atoms with E-state index < -0.39 is 17.9 Å². The summed E-state index contributed by atoms with van der Waals surface area (Å²) in [5, 5.41) is 8.99. The summed E-state index contributed by atoms with van der Waals surface area (Å²) in [5.41, 5.74) is 0.